The van der Waals surface area contributed by atoms with Crippen LogP contribution in [0, 0.1) is 12.3 Å². The highest BCUT2D eigenvalue weighted by Gasteiger charge is 2.17. The monoisotopic (exact) mass is 109 g/mol. The number of carbonyl (C=O) groups is 1. The van der Waals surface area contributed by atoms with E-state index in [2.05, 4.69) is 5.92 Å². The topological polar surface area (TPSA) is 20.3 Å². The van der Waals surface area contributed by atoms with Crippen LogP contribution in [-0.2, 0) is 4.79 Å². The van der Waals surface area contributed by atoms with Crippen LogP contribution in [0.15, 0.2) is 0 Å². The first-order valence-corrected chi connectivity index (χ1v) is 2.60. The third-order valence-electron chi connectivity index (χ3n) is 1.27. The van der Waals surface area contributed by atoms with Gasteiger partial charge in [-0.3, -0.25) is 4.79 Å². The van der Waals surface area contributed by atoms with E-state index in [0.717, 1.165) is 19.5 Å². The Morgan fingerprint density at radius 3 is 2.38 bits per heavy atom. The van der Waals surface area contributed by atoms with Crippen molar-refractivity contribution in [2.24, 2.45) is 0 Å². The number of rotatable bonds is 0. The van der Waals surface area contributed by atoms with Gasteiger partial charge in [-0.1, -0.05) is 0 Å². The SMILES string of the molecule is C#CC(=O)N1CCC1. The van der Waals surface area contributed by atoms with Gasteiger partial charge >= 0.3 is 0 Å². The van der Waals surface area contributed by atoms with Crippen LogP contribution in [0.4, 0.5) is 0 Å². The molecule has 0 aliphatic carbocycles. The minimum Gasteiger partial charge on any atom is -0.332 e. The van der Waals surface area contributed by atoms with Gasteiger partial charge in [0.1, 0.15) is 0 Å². The van der Waals surface area contributed by atoms with Crippen molar-refractivity contribution in [3.8, 4) is 12.3 Å². The van der Waals surface area contributed by atoms with Crippen molar-refractivity contribution in [2.75, 3.05) is 13.1 Å². The lowest BCUT2D eigenvalue weighted by atomic mass is 10.2. The van der Waals surface area contributed by atoms with Crippen LogP contribution in [-0.4, -0.2) is 23.9 Å². The molecule has 1 rings (SSSR count). The van der Waals surface area contributed by atoms with E-state index in [1.807, 2.05) is 0 Å². The summed E-state index contributed by atoms with van der Waals surface area (Å²) in [4.78, 5) is 12.1. The van der Waals surface area contributed by atoms with Gasteiger partial charge in [-0.15, -0.1) is 6.42 Å². The van der Waals surface area contributed by atoms with Gasteiger partial charge < -0.3 is 4.90 Å². The van der Waals surface area contributed by atoms with E-state index in [0.29, 0.717) is 0 Å². The molecular formula is C6H7NO. The van der Waals surface area contributed by atoms with Crippen LogP contribution >= 0.6 is 0 Å². The number of amides is 1. The van der Waals surface area contributed by atoms with Crippen LogP contribution in [0.2, 0.25) is 0 Å². The molecule has 2 nitrogen and oxygen atoms in total. The molecule has 0 atom stereocenters. The lowest BCUT2D eigenvalue weighted by molar-refractivity contribution is -0.128. The second-order valence-corrected chi connectivity index (χ2v) is 1.79. The molecule has 1 saturated heterocycles. The van der Waals surface area contributed by atoms with Gasteiger partial charge in [0.2, 0.25) is 0 Å². The Bertz CT molecular complexity index is 141. The van der Waals surface area contributed by atoms with E-state index in [-0.39, 0.29) is 5.91 Å². The number of carbonyl (C=O) groups excluding carboxylic acids is 1. The molecule has 1 amide bonds. The number of hydrogen-bond donors (Lipinski definition) is 0. The molecule has 2 heteroatoms. The predicted octanol–water partition coefficient (Wildman–Crippen LogP) is -0.148. The predicted molar refractivity (Wildman–Crippen MR) is 30.0 cm³/mol. The highest BCUT2D eigenvalue weighted by molar-refractivity contribution is 5.93. The van der Waals surface area contributed by atoms with E-state index >= 15 is 0 Å². The van der Waals surface area contributed by atoms with E-state index in [4.69, 9.17) is 6.42 Å². The van der Waals surface area contributed by atoms with Gasteiger partial charge in [0, 0.05) is 13.1 Å². The fourth-order valence-electron chi connectivity index (χ4n) is 0.611. The molecule has 1 aliphatic rings. The first-order valence-electron chi connectivity index (χ1n) is 2.60. The summed E-state index contributed by atoms with van der Waals surface area (Å²) in [6.07, 6.45) is 5.95. The minimum atomic E-state index is -0.170. The molecule has 1 aliphatic heterocycles. The van der Waals surface area contributed by atoms with Crippen LogP contribution < -0.4 is 0 Å². The number of nitrogens with zero attached hydrogens (tertiary/aromatic N) is 1. The fraction of sp³-hybridized carbons (Fsp3) is 0.500. The van der Waals surface area contributed by atoms with Crippen molar-refractivity contribution in [1.29, 1.82) is 0 Å². The van der Waals surface area contributed by atoms with E-state index < -0.39 is 0 Å². The first kappa shape index (κ1) is 5.17. The van der Waals surface area contributed by atoms with E-state index in [1.165, 1.54) is 0 Å². The maximum Gasteiger partial charge on any atom is 0.298 e. The Kier molecular flexibility index (Phi) is 1.21. The standard InChI is InChI=1S/C6H7NO/c1-2-6(8)7-4-3-5-7/h1H,3-5H2. The molecule has 0 spiro atoms. The number of hydrogen-bond acceptors (Lipinski definition) is 1. The van der Waals surface area contributed by atoms with Gasteiger partial charge in [0.05, 0.1) is 0 Å². The maximum absolute atomic E-state index is 10.5. The zero-order chi connectivity index (χ0) is 5.98. The number of terminal acetylenes is 1. The molecule has 1 heterocycles. The van der Waals surface area contributed by atoms with Crippen LogP contribution in [0.3, 0.4) is 0 Å². The average molecular weight is 109 g/mol. The van der Waals surface area contributed by atoms with Crippen molar-refractivity contribution in [1.82, 2.24) is 4.90 Å². The van der Waals surface area contributed by atoms with Gasteiger partial charge in [-0.25, -0.2) is 0 Å². The Labute approximate surface area is 48.5 Å². The maximum atomic E-state index is 10.5. The third-order valence-corrected chi connectivity index (χ3v) is 1.27. The lowest BCUT2D eigenvalue weighted by Gasteiger charge is -2.28. The molecule has 42 valence electrons. The molecule has 0 aromatic rings. The molecule has 0 saturated carbocycles. The van der Waals surface area contributed by atoms with E-state index in [9.17, 15) is 4.79 Å². The second kappa shape index (κ2) is 1.87. The lowest BCUT2D eigenvalue weighted by Crippen LogP contribution is -2.41. The van der Waals surface area contributed by atoms with Crippen molar-refractivity contribution in [2.45, 2.75) is 6.42 Å². The molecule has 0 bridgehead atoms. The van der Waals surface area contributed by atoms with Crippen molar-refractivity contribution in [3.63, 3.8) is 0 Å². The number of likely N-dealkylation sites (tertiary alicyclic amines) is 1. The van der Waals surface area contributed by atoms with E-state index in [1.54, 1.807) is 4.90 Å². The molecule has 1 fully saturated rings. The summed E-state index contributed by atoms with van der Waals surface area (Å²) in [6.45, 7) is 1.70. The van der Waals surface area contributed by atoms with Crippen molar-refractivity contribution in [3.05, 3.63) is 0 Å². The molecule has 0 unspecified atom stereocenters. The third kappa shape index (κ3) is 0.671. The van der Waals surface area contributed by atoms with Crippen LogP contribution in [0.1, 0.15) is 6.42 Å². The molecule has 8 heavy (non-hydrogen) atoms. The Morgan fingerprint density at radius 1 is 1.62 bits per heavy atom. The van der Waals surface area contributed by atoms with Crippen molar-refractivity contribution < 1.29 is 4.79 Å². The molecule has 0 radical (unpaired) electrons. The van der Waals surface area contributed by atoms with Crippen LogP contribution in [0.25, 0.3) is 0 Å². The smallest absolute Gasteiger partial charge is 0.298 e. The highest BCUT2D eigenvalue weighted by Crippen LogP contribution is 2.03. The summed E-state index contributed by atoms with van der Waals surface area (Å²) in [5.41, 5.74) is 0. The summed E-state index contributed by atoms with van der Waals surface area (Å²) < 4.78 is 0. The summed E-state index contributed by atoms with van der Waals surface area (Å²) in [7, 11) is 0. The fourth-order valence-corrected chi connectivity index (χ4v) is 0.611. The molecule has 0 N–H and O–H groups in total. The molecular weight excluding hydrogens is 102 g/mol. The quantitative estimate of drug-likeness (QED) is 0.396. The zero-order valence-electron chi connectivity index (χ0n) is 4.55. The summed E-state index contributed by atoms with van der Waals surface area (Å²) in [6, 6.07) is 0. The molecule has 0 aromatic carbocycles. The van der Waals surface area contributed by atoms with Gasteiger partial charge in [-0.2, -0.15) is 0 Å². The normalized spacial score (nSPS) is 16.6. The minimum absolute atomic E-state index is 0.170. The molecule has 0 aromatic heterocycles. The zero-order valence-corrected chi connectivity index (χ0v) is 4.55. The average Bonchev–Trinajstić information content (AvgIpc) is 1.62. The highest BCUT2D eigenvalue weighted by atomic mass is 16.2. The first-order chi connectivity index (χ1) is 3.84. The Balaban J connectivity index is 2.37. The Morgan fingerprint density at radius 2 is 2.25 bits per heavy atom. The largest absolute Gasteiger partial charge is 0.332 e. The van der Waals surface area contributed by atoms with Gasteiger partial charge in [0.15, 0.2) is 0 Å². The van der Waals surface area contributed by atoms with Gasteiger partial charge in [0.25, 0.3) is 5.91 Å². The summed E-state index contributed by atoms with van der Waals surface area (Å²) in [5, 5.41) is 0. The van der Waals surface area contributed by atoms with Crippen molar-refractivity contribution >= 4 is 5.91 Å². The summed E-state index contributed by atoms with van der Waals surface area (Å²) >= 11 is 0. The Hall–Kier alpha value is -0.970. The second-order valence-electron chi connectivity index (χ2n) is 1.79. The van der Waals surface area contributed by atoms with Crippen LogP contribution in [0.5, 0.6) is 0 Å². The van der Waals surface area contributed by atoms with Gasteiger partial charge in [-0.05, 0) is 12.3 Å². The summed E-state index contributed by atoms with van der Waals surface area (Å²) in [5.74, 6) is 1.88.